The smallest absolute Gasteiger partial charge is 0.288 e. The van der Waals surface area contributed by atoms with Gasteiger partial charge in [0.25, 0.3) is 11.5 Å². The van der Waals surface area contributed by atoms with Crippen molar-refractivity contribution in [3.8, 4) is 5.69 Å². The summed E-state index contributed by atoms with van der Waals surface area (Å²) in [7, 11) is 1.71. The molecule has 0 aliphatic carbocycles. The average molecular weight is 486 g/mol. The van der Waals surface area contributed by atoms with Crippen LogP contribution in [0.5, 0.6) is 0 Å². The summed E-state index contributed by atoms with van der Waals surface area (Å²) in [4.78, 5) is 42.5. The van der Waals surface area contributed by atoms with E-state index in [4.69, 9.17) is 0 Å². The van der Waals surface area contributed by atoms with Crippen LogP contribution in [0.1, 0.15) is 26.4 Å². The first-order valence-electron chi connectivity index (χ1n) is 10.8. The van der Waals surface area contributed by atoms with Gasteiger partial charge in [-0.15, -0.1) is 0 Å². The van der Waals surface area contributed by atoms with Crippen LogP contribution in [-0.2, 0) is 7.05 Å². The van der Waals surface area contributed by atoms with Crippen molar-refractivity contribution in [1.29, 1.82) is 0 Å². The number of nitrogens with zero attached hydrogens (tertiary/aromatic N) is 3. The number of anilines is 1. The Morgan fingerprint density at radius 1 is 0.943 bits per heavy atom. The Morgan fingerprint density at radius 2 is 1.60 bits per heavy atom. The number of rotatable bonds is 4. The van der Waals surface area contributed by atoms with Gasteiger partial charge >= 0.3 is 0 Å². The Balaban J connectivity index is 1.71. The maximum absolute atomic E-state index is 14.6. The van der Waals surface area contributed by atoms with Gasteiger partial charge < -0.3 is 0 Å². The molecule has 0 saturated heterocycles. The molecule has 1 amide bonds. The van der Waals surface area contributed by atoms with E-state index in [2.05, 4.69) is 0 Å². The minimum Gasteiger partial charge on any atom is -0.288 e. The van der Waals surface area contributed by atoms with E-state index in [0.29, 0.717) is 16.9 Å². The maximum atomic E-state index is 14.6. The van der Waals surface area contributed by atoms with E-state index >= 15 is 0 Å². The summed E-state index contributed by atoms with van der Waals surface area (Å²) in [5.41, 5.74) is 0.985. The van der Waals surface area contributed by atoms with Crippen LogP contribution < -0.4 is 10.5 Å². The predicted molar refractivity (Wildman–Crippen MR) is 134 cm³/mol. The number of carbonyl (C=O) groups excluding carboxylic acids is 2. The van der Waals surface area contributed by atoms with Gasteiger partial charge in [-0.1, -0.05) is 54.2 Å². The molecule has 0 unspecified atom stereocenters. The van der Waals surface area contributed by atoms with Crippen molar-refractivity contribution >= 4 is 29.1 Å². The molecule has 0 saturated carbocycles. The third-order valence-electron chi connectivity index (χ3n) is 5.91. The molecule has 8 heteroatoms. The van der Waals surface area contributed by atoms with Gasteiger partial charge in [0.15, 0.2) is 0 Å². The number of hydrogen-bond donors (Lipinski definition) is 0. The largest absolute Gasteiger partial charge is 0.296 e. The van der Waals surface area contributed by atoms with E-state index in [0.717, 1.165) is 9.80 Å². The quantitative estimate of drug-likeness (QED) is 0.377. The van der Waals surface area contributed by atoms with Gasteiger partial charge in [-0.3, -0.25) is 24.0 Å². The number of benzene rings is 3. The number of halogens is 1. The molecular weight excluding hydrogens is 465 g/mol. The third-order valence-corrected chi connectivity index (χ3v) is 7.00. The second-order valence-corrected chi connectivity index (χ2v) is 9.07. The van der Waals surface area contributed by atoms with Gasteiger partial charge in [0.1, 0.15) is 11.5 Å². The molecule has 3 aromatic carbocycles. The van der Waals surface area contributed by atoms with E-state index in [1.807, 2.05) is 18.2 Å². The highest BCUT2D eigenvalue weighted by atomic mass is 32.2. The van der Waals surface area contributed by atoms with Crippen LogP contribution in [0.2, 0.25) is 0 Å². The molecule has 6 nitrogen and oxygen atoms in total. The van der Waals surface area contributed by atoms with Gasteiger partial charge in [0, 0.05) is 23.7 Å². The van der Waals surface area contributed by atoms with Gasteiger partial charge in [-0.25, -0.2) is 9.07 Å². The molecule has 4 aromatic rings. The van der Waals surface area contributed by atoms with Crippen molar-refractivity contribution in [2.24, 2.45) is 7.05 Å². The number of fused-ring (bicyclic) bond motifs is 1. The monoisotopic (exact) mass is 485 g/mol. The van der Waals surface area contributed by atoms with Gasteiger partial charge in [-0.05, 0) is 43.3 Å². The lowest BCUT2D eigenvalue weighted by molar-refractivity contribution is 0.0993. The maximum Gasteiger partial charge on any atom is 0.296 e. The third kappa shape index (κ3) is 3.81. The number of Topliss-reactive ketones (excluding diaryl/α,β-unsaturated/α-hetero) is 1. The molecule has 0 radical (unpaired) electrons. The molecule has 1 aliphatic rings. The lowest BCUT2D eigenvalue weighted by Crippen LogP contribution is -2.32. The Morgan fingerprint density at radius 3 is 2.31 bits per heavy atom. The summed E-state index contributed by atoms with van der Waals surface area (Å²) in [5, 5.41) is 0. The summed E-state index contributed by atoms with van der Waals surface area (Å²) >= 11 is 1.21. The van der Waals surface area contributed by atoms with Crippen molar-refractivity contribution in [2.75, 3.05) is 4.90 Å². The van der Waals surface area contributed by atoms with E-state index in [1.165, 1.54) is 40.8 Å². The molecule has 5 rings (SSSR count). The Kier molecular flexibility index (Phi) is 5.74. The number of hydrogen-bond acceptors (Lipinski definition) is 4. The topological polar surface area (TPSA) is 64.3 Å². The number of allylic oxidation sites excluding steroid dienone is 1. The first kappa shape index (κ1) is 22.6. The number of para-hydroxylation sites is 1. The lowest BCUT2D eigenvalue weighted by atomic mass is 10.1. The molecule has 0 bridgehead atoms. The number of amides is 1. The average Bonchev–Trinajstić information content (AvgIpc) is 3.30. The normalized spacial score (nSPS) is 13.8. The Labute approximate surface area is 204 Å². The molecule has 0 atom stereocenters. The first-order valence-corrected chi connectivity index (χ1v) is 11.7. The molecular formula is C27H20FN3O3S. The second-order valence-electron chi connectivity index (χ2n) is 7.99. The van der Waals surface area contributed by atoms with E-state index in [-0.39, 0.29) is 21.9 Å². The Bertz CT molecular complexity index is 1570. The summed E-state index contributed by atoms with van der Waals surface area (Å²) in [6.45, 7) is 1.70. The number of aromatic nitrogens is 2. The van der Waals surface area contributed by atoms with Crippen molar-refractivity contribution in [1.82, 2.24) is 9.36 Å². The number of thioether (sulfide) groups is 1. The molecule has 1 aliphatic heterocycles. The van der Waals surface area contributed by atoms with Crippen LogP contribution >= 0.6 is 11.8 Å². The fraction of sp³-hybridized carbons (Fsp3) is 0.0741. The SMILES string of the molecule is Cc1c(N(C=C2Sc3ccccc3C2=O)C(=O)c2ccccc2F)c(=O)n(-c2ccccc2)n1C. The lowest BCUT2D eigenvalue weighted by Gasteiger charge is -2.18. The van der Waals surface area contributed by atoms with E-state index in [9.17, 15) is 18.8 Å². The van der Waals surface area contributed by atoms with Crippen LogP contribution in [0.3, 0.4) is 0 Å². The molecule has 174 valence electrons. The highest BCUT2D eigenvalue weighted by molar-refractivity contribution is 8.04. The highest BCUT2D eigenvalue weighted by Gasteiger charge is 2.31. The molecule has 2 heterocycles. The standard InChI is InChI=1S/C27H20FN3O3S/c1-17-24(27(34)31(29(17)2)18-10-4-3-5-11-18)30(26(33)19-12-6-8-14-21(19)28)16-23-25(32)20-13-7-9-15-22(20)35-23/h3-16H,1-2H3. The first-order chi connectivity index (χ1) is 16.9. The highest BCUT2D eigenvalue weighted by Crippen LogP contribution is 2.40. The minimum atomic E-state index is -0.744. The summed E-state index contributed by atoms with van der Waals surface area (Å²) in [6.07, 6.45) is 1.35. The molecule has 0 fully saturated rings. The van der Waals surface area contributed by atoms with Gasteiger partial charge in [-0.2, -0.15) is 0 Å². The number of ketones is 1. The summed E-state index contributed by atoms with van der Waals surface area (Å²) in [6, 6.07) is 21.7. The second kappa shape index (κ2) is 8.88. The van der Waals surface area contributed by atoms with Crippen LogP contribution in [0.25, 0.3) is 5.69 Å². The molecule has 35 heavy (non-hydrogen) atoms. The zero-order chi connectivity index (χ0) is 24.7. The molecule has 0 N–H and O–H groups in total. The van der Waals surface area contributed by atoms with Crippen LogP contribution in [0.4, 0.5) is 10.1 Å². The van der Waals surface area contributed by atoms with Gasteiger partial charge in [0.2, 0.25) is 5.78 Å². The van der Waals surface area contributed by atoms with Crippen molar-refractivity contribution in [2.45, 2.75) is 11.8 Å². The fourth-order valence-electron chi connectivity index (χ4n) is 4.06. The predicted octanol–water partition coefficient (Wildman–Crippen LogP) is 5.10. The van der Waals surface area contributed by atoms with Crippen molar-refractivity contribution in [3.05, 3.63) is 123 Å². The van der Waals surface area contributed by atoms with E-state index in [1.54, 1.807) is 61.1 Å². The minimum absolute atomic E-state index is 0.0430. The van der Waals surface area contributed by atoms with Crippen LogP contribution in [0, 0.1) is 12.7 Å². The van der Waals surface area contributed by atoms with Crippen LogP contribution in [0.15, 0.2) is 99.7 Å². The zero-order valence-electron chi connectivity index (χ0n) is 18.9. The van der Waals surface area contributed by atoms with E-state index < -0.39 is 17.3 Å². The van der Waals surface area contributed by atoms with Gasteiger partial charge in [0.05, 0.1) is 21.8 Å². The van der Waals surface area contributed by atoms with Crippen molar-refractivity contribution in [3.63, 3.8) is 0 Å². The van der Waals surface area contributed by atoms with Crippen molar-refractivity contribution < 1.29 is 14.0 Å². The van der Waals surface area contributed by atoms with Crippen LogP contribution in [-0.4, -0.2) is 21.1 Å². The Hall–Kier alpha value is -4.17. The molecule has 0 spiro atoms. The fourth-order valence-corrected chi connectivity index (χ4v) is 5.08. The number of carbonyl (C=O) groups is 2. The summed E-state index contributed by atoms with van der Waals surface area (Å²) < 4.78 is 17.7. The molecule has 1 aromatic heterocycles. The zero-order valence-corrected chi connectivity index (χ0v) is 19.8. The summed E-state index contributed by atoms with van der Waals surface area (Å²) in [5.74, 6) is -1.72.